The van der Waals surface area contributed by atoms with Gasteiger partial charge in [0, 0.05) is 19.5 Å². The van der Waals surface area contributed by atoms with Crippen LogP contribution >= 0.6 is 0 Å². The molecule has 0 bridgehead atoms. The summed E-state index contributed by atoms with van der Waals surface area (Å²) in [6, 6.07) is -0.932. The van der Waals surface area contributed by atoms with Crippen molar-refractivity contribution >= 4 is 17.8 Å². The van der Waals surface area contributed by atoms with E-state index in [9.17, 15) is 14.4 Å². The van der Waals surface area contributed by atoms with Crippen LogP contribution < -0.4 is 5.32 Å². The molecule has 1 rings (SSSR count). The van der Waals surface area contributed by atoms with Gasteiger partial charge in [-0.15, -0.1) is 0 Å². The second kappa shape index (κ2) is 5.16. The fourth-order valence-electron chi connectivity index (χ4n) is 2.20. The third-order valence-electron chi connectivity index (χ3n) is 3.15. The molecule has 0 radical (unpaired) electrons. The first-order chi connectivity index (χ1) is 7.84. The summed E-state index contributed by atoms with van der Waals surface area (Å²) in [5.41, 5.74) is 0. The summed E-state index contributed by atoms with van der Waals surface area (Å²) in [4.78, 5) is 35.3. The number of hydrogen-bond donors (Lipinski definition) is 2. The third kappa shape index (κ3) is 2.95. The minimum absolute atomic E-state index is 0.226. The molecule has 0 spiro atoms. The second-order valence-electron chi connectivity index (χ2n) is 4.43. The smallest absolute Gasteiger partial charge is 0.308 e. The fraction of sp³-hybridized carbons (Fsp3) is 0.727. The molecule has 0 aliphatic carbocycles. The van der Waals surface area contributed by atoms with Crippen molar-refractivity contribution in [2.24, 2.45) is 5.92 Å². The molecule has 1 aliphatic heterocycles. The maximum atomic E-state index is 12.0. The summed E-state index contributed by atoms with van der Waals surface area (Å²) in [7, 11) is 0. The van der Waals surface area contributed by atoms with Gasteiger partial charge in [-0.1, -0.05) is 0 Å². The Morgan fingerprint density at radius 1 is 1.41 bits per heavy atom. The molecule has 17 heavy (non-hydrogen) atoms. The van der Waals surface area contributed by atoms with E-state index < -0.39 is 17.9 Å². The van der Waals surface area contributed by atoms with Crippen molar-refractivity contribution in [3.63, 3.8) is 0 Å². The van der Waals surface area contributed by atoms with E-state index in [2.05, 4.69) is 5.32 Å². The highest BCUT2D eigenvalue weighted by Gasteiger charge is 2.39. The van der Waals surface area contributed by atoms with Gasteiger partial charge in [0.1, 0.15) is 6.04 Å². The molecule has 96 valence electrons. The maximum Gasteiger partial charge on any atom is 0.308 e. The van der Waals surface area contributed by atoms with Crippen molar-refractivity contribution in [2.75, 3.05) is 6.54 Å². The van der Waals surface area contributed by atoms with Crippen LogP contribution in [0.15, 0.2) is 0 Å². The Bertz CT molecular complexity index is 342. The van der Waals surface area contributed by atoms with Crippen LogP contribution in [0.3, 0.4) is 0 Å². The number of amides is 2. The van der Waals surface area contributed by atoms with Gasteiger partial charge in [-0.3, -0.25) is 14.4 Å². The molecule has 0 aromatic heterocycles. The van der Waals surface area contributed by atoms with E-state index in [1.807, 2.05) is 0 Å². The van der Waals surface area contributed by atoms with Crippen LogP contribution in [0.5, 0.6) is 0 Å². The number of nitrogens with one attached hydrogen (secondary N) is 1. The average Bonchev–Trinajstić information content (AvgIpc) is 2.57. The summed E-state index contributed by atoms with van der Waals surface area (Å²) in [5, 5.41) is 11.5. The fourth-order valence-corrected chi connectivity index (χ4v) is 2.20. The Labute approximate surface area is 100.0 Å². The van der Waals surface area contributed by atoms with Gasteiger partial charge in [-0.25, -0.2) is 0 Å². The first-order valence-corrected chi connectivity index (χ1v) is 5.65. The highest BCUT2D eigenvalue weighted by atomic mass is 16.4. The molecule has 1 heterocycles. The van der Waals surface area contributed by atoms with Crippen molar-refractivity contribution in [3.05, 3.63) is 0 Å². The van der Waals surface area contributed by atoms with E-state index in [1.165, 1.54) is 11.8 Å². The Morgan fingerprint density at radius 3 is 2.41 bits per heavy atom. The largest absolute Gasteiger partial charge is 0.481 e. The number of rotatable bonds is 3. The number of aliphatic carboxylic acids is 1. The summed E-state index contributed by atoms with van der Waals surface area (Å²) in [6.45, 7) is 5.10. The lowest BCUT2D eigenvalue weighted by Crippen LogP contribution is -2.48. The van der Waals surface area contributed by atoms with E-state index >= 15 is 0 Å². The number of hydrogen-bond acceptors (Lipinski definition) is 3. The third-order valence-corrected chi connectivity index (χ3v) is 3.15. The molecule has 3 atom stereocenters. The van der Waals surface area contributed by atoms with Gasteiger partial charge >= 0.3 is 5.97 Å². The minimum atomic E-state index is -0.875. The topological polar surface area (TPSA) is 86.7 Å². The molecule has 1 fully saturated rings. The van der Waals surface area contributed by atoms with E-state index in [-0.39, 0.29) is 17.9 Å². The van der Waals surface area contributed by atoms with Crippen LogP contribution in [0.1, 0.15) is 27.2 Å². The van der Waals surface area contributed by atoms with Crippen molar-refractivity contribution in [1.82, 2.24) is 10.2 Å². The van der Waals surface area contributed by atoms with Crippen LogP contribution in [0.2, 0.25) is 0 Å². The van der Waals surface area contributed by atoms with Crippen LogP contribution in [-0.4, -0.2) is 46.4 Å². The second-order valence-corrected chi connectivity index (χ2v) is 4.43. The van der Waals surface area contributed by atoms with Crippen LogP contribution in [0.25, 0.3) is 0 Å². The maximum absolute atomic E-state index is 12.0. The lowest BCUT2D eigenvalue weighted by atomic mass is 10.0. The Morgan fingerprint density at radius 2 is 2.00 bits per heavy atom. The summed E-state index contributed by atoms with van der Waals surface area (Å²) < 4.78 is 0. The zero-order valence-corrected chi connectivity index (χ0v) is 10.3. The van der Waals surface area contributed by atoms with Crippen LogP contribution in [-0.2, 0) is 14.4 Å². The van der Waals surface area contributed by atoms with Gasteiger partial charge in [-0.05, 0) is 20.3 Å². The molecular weight excluding hydrogens is 224 g/mol. The van der Waals surface area contributed by atoms with Gasteiger partial charge in [-0.2, -0.15) is 0 Å². The number of carboxylic acid groups (broad SMARTS) is 1. The standard InChI is InChI=1S/C11H18N2O4/c1-6(12-8(3)14)10(15)13-5-4-9(7(13)2)11(16)17/h6-7,9H,4-5H2,1-3H3,(H,12,14)(H,16,17). The van der Waals surface area contributed by atoms with Crippen molar-refractivity contribution in [2.45, 2.75) is 39.3 Å². The molecule has 3 unspecified atom stereocenters. The molecule has 6 nitrogen and oxygen atoms in total. The lowest BCUT2D eigenvalue weighted by Gasteiger charge is -2.26. The van der Waals surface area contributed by atoms with E-state index in [0.29, 0.717) is 13.0 Å². The molecule has 6 heteroatoms. The molecule has 1 saturated heterocycles. The molecule has 0 aromatic carbocycles. The van der Waals surface area contributed by atoms with Gasteiger partial charge in [0.25, 0.3) is 0 Å². The summed E-state index contributed by atoms with van der Waals surface area (Å²) in [6.07, 6.45) is 0.467. The van der Waals surface area contributed by atoms with E-state index in [4.69, 9.17) is 5.11 Å². The van der Waals surface area contributed by atoms with Crippen LogP contribution in [0.4, 0.5) is 0 Å². The summed E-state index contributed by atoms with van der Waals surface area (Å²) >= 11 is 0. The molecule has 0 saturated carbocycles. The summed E-state index contributed by atoms with van der Waals surface area (Å²) in [5.74, 6) is -1.88. The molecule has 2 N–H and O–H groups in total. The van der Waals surface area contributed by atoms with Crippen molar-refractivity contribution in [1.29, 1.82) is 0 Å². The van der Waals surface area contributed by atoms with Gasteiger partial charge in [0.05, 0.1) is 5.92 Å². The minimum Gasteiger partial charge on any atom is -0.481 e. The Hall–Kier alpha value is -1.59. The van der Waals surface area contributed by atoms with Gasteiger partial charge in [0.2, 0.25) is 11.8 Å². The highest BCUT2D eigenvalue weighted by Crippen LogP contribution is 2.24. The quantitative estimate of drug-likeness (QED) is 0.719. The van der Waals surface area contributed by atoms with Crippen LogP contribution in [0, 0.1) is 5.92 Å². The normalized spacial score (nSPS) is 25.5. The van der Waals surface area contributed by atoms with E-state index in [0.717, 1.165) is 0 Å². The lowest BCUT2D eigenvalue weighted by molar-refractivity contribution is -0.143. The zero-order chi connectivity index (χ0) is 13.2. The first kappa shape index (κ1) is 13.5. The Kier molecular flexibility index (Phi) is 4.09. The zero-order valence-electron chi connectivity index (χ0n) is 10.3. The van der Waals surface area contributed by atoms with Crippen molar-refractivity contribution in [3.8, 4) is 0 Å². The molecule has 2 amide bonds. The van der Waals surface area contributed by atoms with E-state index in [1.54, 1.807) is 13.8 Å². The predicted molar refractivity (Wildman–Crippen MR) is 60.2 cm³/mol. The molecule has 1 aliphatic rings. The molecular formula is C11H18N2O4. The van der Waals surface area contributed by atoms with Crippen molar-refractivity contribution < 1.29 is 19.5 Å². The highest BCUT2D eigenvalue weighted by molar-refractivity contribution is 5.87. The average molecular weight is 242 g/mol. The first-order valence-electron chi connectivity index (χ1n) is 5.65. The van der Waals surface area contributed by atoms with Gasteiger partial charge in [0.15, 0.2) is 0 Å². The number of nitrogens with zero attached hydrogens (tertiary/aromatic N) is 1. The number of carboxylic acids is 1. The number of carbonyl (C=O) groups is 3. The number of carbonyl (C=O) groups excluding carboxylic acids is 2. The number of likely N-dealkylation sites (tertiary alicyclic amines) is 1. The monoisotopic (exact) mass is 242 g/mol. The Balaban J connectivity index is 2.65. The predicted octanol–water partition coefficient (Wildman–Crippen LogP) is -0.167. The molecule has 0 aromatic rings. The van der Waals surface area contributed by atoms with Gasteiger partial charge < -0.3 is 15.3 Å². The SMILES string of the molecule is CC(=O)NC(C)C(=O)N1CCC(C(=O)O)C1C.